The number of piperidine rings is 1. The number of carboxylic acids is 1. The number of hydrogen-bond acceptors (Lipinski definition) is 8. The van der Waals surface area contributed by atoms with Crippen molar-refractivity contribution in [3.8, 4) is 0 Å². The van der Waals surface area contributed by atoms with E-state index in [-0.39, 0.29) is 32.6 Å². The number of ether oxygens (including phenoxy) is 2. The van der Waals surface area contributed by atoms with Crippen LogP contribution in [0.5, 0.6) is 0 Å². The highest BCUT2D eigenvalue weighted by atomic mass is 35.5. The molecule has 0 bridgehead atoms. The molecule has 2 aliphatic heterocycles. The molecule has 2 N–H and O–H groups in total. The summed E-state index contributed by atoms with van der Waals surface area (Å²) >= 11 is 7.05. The molecule has 2 saturated heterocycles. The van der Waals surface area contributed by atoms with Crippen molar-refractivity contribution in [3.63, 3.8) is 0 Å². The topological polar surface area (TPSA) is 135 Å². The van der Waals surface area contributed by atoms with Crippen LogP contribution in [0.2, 0.25) is 4.34 Å². The number of rotatable bonds is 9. The van der Waals surface area contributed by atoms with Crippen molar-refractivity contribution in [1.29, 1.82) is 0 Å². The zero-order valence-corrected chi connectivity index (χ0v) is 21.9. The van der Waals surface area contributed by atoms with Gasteiger partial charge in [-0.1, -0.05) is 41.5 Å². The van der Waals surface area contributed by atoms with Crippen LogP contribution in [0, 0.1) is 0 Å². The number of carboxylic acid groups (broad SMARTS) is 1. The van der Waals surface area contributed by atoms with Crippen molar-refractivity contribution >= 4 is 50.0 Å². The standard InChI is InChI=1S/C23H28ClN3O7S2/c24-21-18(14-19(28)29)25-23(35-21)26-22(30)20(34-16-8-12-33-13-9-16)15-4-6-17(7-5-15)36(31,32)27-10-2-1-3-11-27/h4-7,16,20H,1-3,8-14H2,(H,28,29)(H,25,26,30). The molecule has 1 amide bonds. The second-order valence-corrected chi connectivity index (χ2v) is 12.2. The summed E-state index contributed by atoms with van der Waals surface area (Å²) < 4.78 is 39.2. The first-order valence-corrected chi connectivity index (χ1v) is 14.4. The van der Waals surface area contributed by atoms with Crippen molar-refractivity contribution in [1.82, 2.24) is 9.29 Å². The van der Waals surface area contributed by atoms with Crippen molar-refractivity contribution in [2.45, 2.75) is 55.6 Å². The lowest BCUT2D eigenvalue weighted by molar-refractivity contribution is -0.136. The second kappa shape index (κ2) is 12.0. The van der Waals surface area contributed by atoms with Crippen LogP contribution in [-0.2, 0) is 35.5 Å². The van der Waals surface area contributed by atoms with Crippen molar-refractivity contribution in [2.24, 2.45) is 0 Å². The third kappa shape index (κ3) is 6.61. The Kier molecular flexibility index (Phi) is 8.96. The SMILES string of the molecule is O=C(O)Cc1nc(NC(=O)C(OC2CCOCC2)c2ccc(S(=O)(=O)N3CCCCC3)cc2)sc1Cl. The van der Waals surface area contributed by atoms with Gasteiger partial charge in [-0.3, -0.25) is 14.9 Å². The Bertz CT molecular complexity index is 1170. The summed E-state index contributed by atoms with van der Waals surface area (Å²) in [6.07, 6.45) is 2.34. The Morgan fingerprint density at radius 3 is 2.50 bits per heavy atom. The van der Waals surface area contributed by atoms with E-state index in [9.17, 15) is 18.0 Å². The van der Waals surface area contributed by atoms with Crippen molar-refractivity contribution in [2.75, 3.05) is 31.6 Å². The summed E-state index contributed by atoms with van der Waals surface area (Å²) in [6, 6.07) is 6.17. The van der Waals surface area contributed by atoms with Gasteiger partial charge in [-0.15, -0.1) is 0 Å². The molecule has 196 valence electrons. The Labute approximate surface area is 218 Å². The number of halogens is 1. The van der Waals surface area contributed by atoms with Crippen molar-refractivity contribution in [3.05, 3.63) is 39.9 Å². The predicted octanol–water partition coefficient (Wildman–Crippen LogP) is 3.47. The van der Waals surface area contributed by atoms with Gasteiger partial charge in [0.25, 0.3) is 5.91 Å². The molecular formula is C23H28ClN3O7S2. The van der Waals surface area contributed by atoms with Crippen LogP contribution < -0.4 is 5.32 Å². The average Bonchev–Trinajstić information content (AvgIpc) is 3.21. The highest BCUT2D eigenvalue weighted by Crippen LogP contribution is 2.31. The van der Waals surface area contributed by atoms with Gasteiger partial charge in [0.15, 0.2) is 11.2 Å². The lowest BCUT2D eigenvalue weighted by Crippen LogP contribution is -2.35. The van der Waals surface area contributed by atoms with Gasteiger partial charge in [0.1, 0.15) is 4.34 Å². The van der Waals surface area contributed by atoms with E-state index in [0.29, 0.717) is 44.7 Å². The van der Waals surface area contributed by atoms with E-state index in [2.05, 4.69) is 10.3 Å². The van der Waals surface area contributed by atoms with Crippen LogP contribution in [0.1, 0.15) is 49.5 Å². The number of anilines is 1. The van der Waals surface area contributed by atoms with Crippen molar-refractivity contribution < 1.29 is 32.6 Å². The third-order valence-electron chi connectivity index (χ3n) is 6.07. The van der Waals surface area contributed by atoms with Crippen LogP contribution in [0.4, 0.5) is 5.13 Å². The van der Waals surface area contributed by atoms with Crippen LogP contribution in [0.15, 0.2) is 29.2 Å². The fourth-order valence-electron chi connectivity index (χ4n) is 4.17. The molecule has 1 aromatic heterocycles. The molecular weight excluding hydrogens is 530 g/mol. The maximum Gasteiger partial charge on any atom is 0.309 e. The van der Waals surface area contributed by atoms with Crippen LogP contribution in [0.3, 0.4) is 0 Å². The largest absolute Gasteiger partial charge is 0.481 e. The van der Waals surface area contributed by atoms with E-state index >= 15 is 0 Å². The number of benzene rings is 1. The maximum atomic E-state index is 13.3. The molecule has 10 nitrogen and oxygen atoms in total. The van der Waals surface area contributed by atoms with Crippen LogP contribution >= 0.6 is 22.9 Å². The molecule has 2 aromatic rings. The molecule has 0 saturated carbocycles. The minimum Gasteiger partial charge on any atom is -0.481 e. The lowest BCUT2D eigenvalue weighted by Gasteiger charge is -2.28. The molecule has 2 fully saturated rings. The number of nitrogens with one attached hydrogen (secondary N) is 1. The summed E-state index contributed by atoms with van der Waals surface area (Å²) in [5.41, 5.74) is 0.656. The molecule has 0 aliphatic carbocycles. The van der Waals surface area contributed by atoms with Gasteiger partial charge in [0, 0.05) is 26.3 Å². The number of aliphatic carboxylic acids is 1. The summed E-state index contributed by atoms with van der Waals surface area (Å²) in [4.78, 5) is 28.6. The third-order valence-corrected chi connectivity index (χ3v) is 9.23. The number of sulfonamides is 1. The zero-order valence-electron chi connectivity index (χ0n) is 19.5. The Morgan fingerprint density at radius 1 is 1.19 bits per heavy atom. The van der Waals surface area contributed by atoms with E-state index in [1.165, 1.54) is 16.4 Å². The van der Waals surface area contributed by atoms with Crippen LogP contribution in [-0.4, -0.2) is 67.1 Å². The second-order valence-electron chi connectivity index (χ2n) is 8.66. The van der Waals surface area contributed by atoms with Gasteiger partial charge in [0.2, 0.25) is 10.0 Å². The lowest BCUT2D eigenvalue weighted by atomic mass is 10.1. The number of thiazole rings is 1. The summed E-state index contributed by atoms with van der Waals surface area (Å²) in [6.45, 7) is 2.05. The van der Waals surface area contributed by atoms with Gasteiger partial charge in [-0.25, -0.2) is 13.4 Å². The summed E-state index contributed by atoms with van der Waals surface area (Å²) in [7, 11) is -3.61. The molecule has 0 spiro atoms. The smallest absolute Gasteiger partial charge is 0.309 e. The van der Waals surface area contributed by atoms with Gasteiger partial charge >= 0.3 is 5.97 Å². The number of nitrogens with zero attached hydrogens (tertiary/aromatic N) is 2. The molecule has 1 aromatic carbocycles. The van der Waals surface area contributed by atoms with Crippen LogP contribution in [0.25, 0.3) is 0 Å². The summed E-state index contributed by atoms with van der Waals surface area (Å²) in [5.74, 6) is -1.60. The number of carbonyl (C=O) groups excluding carboxylic acids is 1. The van der Waals surface area contributed by atoms with E-state index in [0.717, 1.165) is 30.6 Å². The molecule has 0 radical (unpaired) electrons. The number of amides is 1. The molecule has 36 heavy (non-hydrogen) atoms. The van der Waals surface area contributed by atoms with E-state index in [1.54, 1.807) is 12.1 Å². The fraction of sp³-hybridized carbons (Fsp3) is 0.522. The van der Waals surface area contributed by atoms with Gasteiger partial charge in [0.05, 0.1) is 23.1 Å². The average molecular weight is 558 g/mol. The first-order valence-electron chi connectivity index (χ1n) is 11.7. The minimum atomic E-state index is -3.61. The minimum absolute atomic E-state index is 0.158. The normalized spacial score (nSPS) is 18.6. The number of carbonyl (C=O) groups is 2. The first-order chi connectivity index (χ1) is 17.2. The maximum absolute atomic E-state index is 13.3. The zero-order chi connectivity index (χ0) is 25.7. The summed E-state index contributed by atoms with van der Waals surface area (Å²) in [5, 5.41) is 11.8. The van der Waals surface area contributed by atoms with Gasteiger partial charge in [-0.2, -0.15) is 4.31 Å². The van der Waals surface area contributed by atoms with E-state index < -0.39 is 28.0 Å². The number of aromatic nitrogens is 1. The molecule has 1 unspecified atom stereocenters. The molecule has 13 heteroatoms. The Balaban J connectivity index is 1.55. The highest BCUT2D eigenvalue weighted by Gasteiger charge is 2.30. The molecule has 2 aliphatic rings. The quantitative estimate of drug-likeness (QED) is 0.478. The van der Waals surface area contributed by atoms with Gasteiger partial charge in [-0.05, 0) is 43.4 Å². The number of hydrogen-bond donors (Lipinski definition) is 2. The fourth-order valence-corrected chi connectivity index (χ4v) is 6.73. The highest BCUT2D eigenvalue weighted by molar-refractivity contribution is 7.89. The van der Waals surface area contributed by atoms with E-state index in [1.807, 2.05) is 0 Å². The van der Waals surface area contributed by atoms with Gasteiger partial charge < -0.3 is 14.6 Å². The van der Waals surface area contributed by atoms with E-state index in [4.69, 9.17) is 26.2 Å². The molecule has 4 rings (SSSR count). The Hall–Kier alpha value is -2.09. The predicted molar refractivity (Wildman–Crippen MR) is 134 cm³/mol. The molecule has 3 heterocycles. The Morgan fingerprint density at radius 2 is 1.86 bits per heavy atom. The molecule has 1 atom stereocenters. The monoisotopic (exact) mass is 557 g/mol. The first kappa shape index (κ1) is 27.0.